The van der Waals surface area contributed by atoms with Gasteiger partial charge in [-0.15, -0.1) is 0 Å². The van der Waals surface area contributed by atoms with Crippen molar-refractivity contribution in [2.24, 2.45) is 0 Å². The summed E-state index contributed by atoms with van der Waals surface area (Å²) >= 11 is 0. The molecule has 3 aromatic carbocycles. The maximum atomic E-state index is 13.7. The minimum Gasteiger partial charge on any atom is -0.336 e. The van der Waals surface area contributed by atoms with E-state index >= 15 is 0 Å². The number of carbonyl (C=O) groups is 1. The van der Waals surface area contributed by atoms with Gasteiger partial charge in [0.05, 0.1) is 6.04 Å². The number of hydrogen-bond donors (Lipinski definition) is 0. The van der Waals surface area contributed by atoms with Gasteiger partial charge >= 0.3 is 0 Å². The Labute approximate surface area is 183 Å². The normalized spacial score (nSPS) is 17.0. The molecule has 0 unspecified atom stereocenters. The summed E-state index contributed by atoms with van der Waals surface area (Å²) in [5.41, 5.74) is 6.88. The molecular weight excluding hydrogens is 387 g/mol. The Bertz CT molecular complexity index is 1070. The third kappa shape index (κ3) is 3.77. The molecule has 2 aliphatic rings. The lowest BCUT2D eigenvalue weighted by atomic mass is 9.92. The fourth-order valence-electron chi connectivity index (χ4n) is 5.07. The van der Waals surface area contributed by atoms with E-state index in [2.05, 4.69) is 53.4 Å². The second-order valence-electron chi connectivity index (χ2n) is 8.59. The van der Waals surface area contributed by atoms with Gasteiger partial charge in [-0.2, -0.15) is 0 Å². The van der Waals surface area contributed by atoms with Gasteiger partial charge < -0.3 is 4.90 Å². The summed E-state index contributed by atoms with van der Waals surface area (Å²) in [5.74, 6) is -0.433. The predicted octanol–water partition coefficient (Wildman–Crippen LogP) is 4.78. The van der Waals surface area contributed by atoms with E-state index in [1.807, 2.05) is 11.8 Å². The number of carbonyl (C=O) groups excluding carboxylic acids is 1. The van der Waals surface area contributed by atoms with E-state index in [9.17, 15) is 9.18 Å². The first-order valence-corrected chi connectivity index (χ1v) is 11.1. The van der Waals surface area contributed by atoms with E-state index < -0.39 is 0 Å². The fraction of sp³-hybridized carbons (Fsp3) is 0.296. The van der Waals surface area contributed by atoms with Crippen molar-refractivity contribution >= 4 is 5.91 Å². The maximum absolute atomic E-state index is 13.7. The van der Waals surface area contributed by atoms with Crippen LogP contribution in [0.25, 0.3) is 0 Å². The highest BCUT2D eigenvalue weighted by Crippen LogP contribution is 2.37. The van der Waals surface area contributed by atoms with Crippen LogP contribution in [0.2, 0.25) is 0 Å². The lowest BCUT2D eigenvalue weighted by Crippen LogP contribution is -2.50. The lowest BCUT2D eigenvalue weighted by molar-refractivity contribution is 0.0595. The van der Waals surface area contributed by atoms with Crippen LogP contribution in [0.3, 0.4) is 0 Å². The highest BCUT2D eigenvalue weighted by atomic mass is 19.1. The molecule has 1 amide bonds. The first kappa shape index (κ1) is 20.0. The minimum absolute atomic E-state index is 0.0710. The smallest absolute Gasteiger partial charge is 0.254 e. The van der Waals surface area contributed by atoms with E-state index in [-0.39, 0.29) is 17.8 Å². The topological polar surface area (TPSA) is 23.6 Å². The number of hydrogen-bond acceptors (Lipinski definition) is 2. The van der Waals surface area contributed by atoms with Crippen molar-refractivity contribution in [3.8, 4) is 0 Å². The summed E-state index contributed by atoms with van der Waals surface area (Å²) in [4.78, 5) is 17.4. The highest BCUT2D eigenvalue weighted by molar-refractivity contribution is 5.95. The van der Waals surface area contributed by atoms with Crippen LogP contribution in [0.15, 0.2) is 66.7 Å². The number of aryl methyl sites for hydroxylation is 3. The molecule has 4 heteroatoms. The number of benzene rings is 3. The largest absolute Gasteiger partial charge is 0.336 e. The monoisotopic (exact) mass is 414 g/mol. The number of piperazine rings is 1. The van der Waals surface area contributed by atoms with Crippen LogP contribution >= 0.6 is 0 Å². The Kier molecular flexibility index (Phi) is 5.33. The van der Waals surface area contributed by atoms with Gasteiger partial charge in [0.1, 0.15) is 5.82 Å². The number of amides is 1. The van der Waals surface area contributed by atoms with Gasteiger partial charge in [0.2, 0.25) is 0 Å². The molecule has 3 nitrogen and oxygen atoms in total. The summed E-state index contributed by atoms with van der Waals surface area (Å²) < 4.78 is 13.7. The molecule has 0 saturated carbocycles. The van der Waals surface area contributed by atoms with Gasteiger partial charge in [-0.05, 0) is 59.7 Å². The molecule has 0 bridgehead atoms. The van der Waals surface area contributed by atoms with Gasteiger partial charge in [0.15, 0.2) is 0 Å². The van der Waals surface area contributed by atoms with E-state index in [4.69, 9.17) is 0 Å². The Balaban J connectivity index is 1.41. The number of nitrogens with zero attached hydrogens (tertiary/aromatic N) is 2. The van der Waals surface area contributed by atoms with Crippen molar-refractivity contribution in [1.82, 2.24) is 9.80 Å². The zero-order chi connectivity index (χ0) is 21.4. The van der Waals surface area contributed by atoms with Crippen LogP contribution in [0.5, 0.6) is 0 Å². The summed E-state index contributed by atoms with van der Waals surface area (Å²) in [7, 11) is 0. The Morgan fingerprint density at radius 1 is 0.839 bits per heavy atom. The van der Waals surface area contributed by atoms with Gasteiger partial charge in [-0.3, -0.25) is 9.69 Å². The van der Waals surface area contributed by atoms with E-state index in [0.717, 1.165) is 31.5 Å². The second kappa shape index (κ2) is 8.27. The molecular formula is C27H27FN2O. The van der Waals surface area contributed by atoms with Crippen molar-refractivity contribution in [3.05, 3.63) is 106 Å². The van der Waals surface area contributed by atoms with Crippen LogP contribution in [-0.2, 0) is 12.8 Å². The van der Waals surface area contributed by atoms with Gasteiger partial charge in [-0.1, -0.05) is 54.6 Å². The molecule has 0 N–H and O–H groups in total. The Hall–Kier alpha value is -2.98. The number of rotatable bonds is 2. The average Bonchev–Trinajstić information content (AvgIpc) is 2.97. The molecule has 0 spiro atoms. The Morgan fingerprint density at radius 3 is 2.03 bits per heavy atom. The zero-order valence-electron chi connectivity index (χ0n) is 17.9. The van der Waals surface area contributed by atoms with Crippen molar-refractivity contribution in [2.45, 2.75) is 25.8 Å². The molecule has 1 aliphatic carbocycles. The van der Waals surface area contributed by atoms with Crippen LogP contribution in [0, 0.1) is 12.7 Å². The summed E-state index contributed by atoms with van der Waals surface area (Å²) in [6.45, 7) is 4.76. The number of halogens is 1. The molecule has 3 aromatic rings. The van der Waals surface area contributed by atoms with Gasteiger partial charge in [-0.25, -0.2) is 4.39 Å². The van der Waals surface area contributed by atoms with Crippen LogP contribution < -0.4 is 0 Å². The molecule has 31 heavy (non-hydrogen) atoms. The third-order valence-corrected chi connectivity index (χ3v) is 6.76. The third-order valence-electron chi connectivity index (χ3n) is 6.76. The van der Waals surface area contributed by atoms with Crippen molar-refractivity contribution < 1.29 is 9.18 Å². The minimum atomic E-state index is -0.362. The average molecular weight is 415 g/mol. The number of fused-ring (bicyclic) bond motifs is 2. The molecule has 0 aromatic heterocycles. The van der Waals surface area contributed by atoms with E-state index in [0.29, 0.717) is 18.7 Å². The molecule has 1 saturated heterocycles. The predicted molar refractivity (Wildman–Crippen MR) is 121 cm³/mol. The fourth-order valence-corrected chi connectivity index (χ4v) is 5.07. The molecule has 1 aliphatic heterocycles. The molecule has 0 atom stereocenters. The quantitative estimate of drug-likeness (QED) is 0.603. The molecule has 1 fully saturated rings. The summed E-state index contributed by atoms with van der Waals surface area (Å²) in [6.07, 6.45) is 2.11. The Morgan fingerprint density at radius 2 is 1.42 bits per heavy atom. The first-order valence-electron chi connectivity index (χ1n) is 11.1. The van der Waals surface area contributed by atoms with Crippen LogP contribution in [-0.4, -0.2) is 41.9 Å². The van der Waals surface area contributed by atoms with Crippen LogP contribution in [0.1, 0.15) is 44.2 Å². The van der Waals surface area contributed by atoms with E-state index in [1.54, 1.807) is 6.07 Å². The summed E-state index contributed by atoms with van der Waals surface area (Å²) in [6, 6.07) is 22.2. The molecule has 1 heterocycles. The van der Waals surface area contributed by atoms with Gasteiger partial charge in [0, 0.05) is 31.7 Å². The van der Waals surface area contributed by atoms with Crippen molar-refractivity contribution in [1.29, 1.82) is 0 Å². The van der Waals surface area contributed by atoms with Gasteiger partial charge in [0.25, 0.3) is 5.91 Å². The molecule has 158 valence electrons. The SMILES string of the molecule is Cc1ccc(F)cc1C(=O)N1CCN(C2c3ccccc3CCc3ccccc32)CC1. The van der Waals surface area contributed by atoms with Crippen molar-refractivity contribution in [2.75, 3.05) is 26.2 Å². The second-order valence-corrected chi connectivity index (χ2v) is 8.59. The molecule has 0 radical (unpaired) electrons. The van der Waals surface area contributed by atoms with Crippen LogP contribution in [0.4, 0.5) is 4.39 Å². The lowest BCUT2D eigenvalue weighted by Gasteiger charge is -2.40. The zero-order valence-corrected chi connectivity index (χ0v) is 17.9. The van der Waals surface area contributed by atoms with E-state index in [1.165, 1.54) is 34.4 Å². The summed E-state index contributed by atoms with van der Waals surface area (Å²) in [5, 5.41) is 0. The molecule has 5 rings (SSSR count). The maximum Gasteiger partial charge on any atom is 0.254 e. The standard InChI is InChI=1S/C27H27FN2O/c1-19-10-13-22(28)18-25(19)27(31)30-16-14-29(15-17-30)26-23-8-4-2-6-20(23)11-12-21-7-3-5-9-24(21)26/h2-10,13,18,26H,11-12,14-17H2,1H3. The van der Waals surface area contributed by atoms with Crippen molar-refractivity contribution in [3.63, 3.8) is 0 Å². The first-order chi connectivity index (χ1) is 15.1. The highest BCUT2D eigenvalue weighted by Gasteiger charge is 2.32.